The van der Waals surface area contributed by atoms with E-state index in [0.29, 0.717) is 19.1 Å². The van der Waals surface area contributed by atoms with Crippen molar-refractivity contribution >= 4 is 5.69 Å². The van der Waals surface area contributed by atoms with Crippen LogP contribution in [0.1, 0.15) is 16.8 Å². The van der Waals surface area contributed by atoms with Gasteiger partial charge in [-0.15, -0.1) is 0 Å². The molecular formula is C20H19N3O2. The molecule has 2 aromatic carbocycles. The Hall–Kier alpha value is -2.92. The number of rotatable bonds is 6. The molecule has 0 radical (unpaired) electrons. The molecule has 0 spiro atoms. The summed E-state index contributed by atoms with van der Waals surface area (Å²) < 4.78 is 11.6. The minimum atomic E-state index is 0.419. The van der Waals surface area contributed by atoms with Crippen molar-refractivity contribution in [1.29, 1.82) is 0 Å². The fraction of sp³-hybridized carbons (Fsp3) is 0.200. The molecule has 0 saturated carbocycles. The minimum absolute atomic E-state index is 0.419. The normalized spacial score (nSPS) is 12.5. The van der Waals surface area contributed by atoms with Gasteiger partial charge in [-0.1, -0.05) is 30.3 Å². The first-order valence-corrected chi connectivity index (χ1v) is 8.34. The third kappa shape index (κ3) is 3.95. The van der Waals surface area contributed by atoms with Crippen LogP contribution >= 0.6 is 0 Å². The maximum absolute atomic E-state index is 5.87. The Kier molecular flexibility index (Phi) is 4.57. The van der Waals surface area contributed by atoms with E-state index in [1.807, 2.05) is 48.5 Å². The number of aromatic nitrogens is 2. The van der Waals surface area contributed by atoms with Crippen LogP contribution in [0.5, 0.6) is 11.6 Å². The molecule has 1 N–H and O–H groups in total. The minimum Gasteiger partial charge on any atom is -0.439 e. The van der Waals surface area contributed by atoms with Gasteiger partial charge in [0.1, 0.15) is 12.1 Å². The molecule has 1 aromatic heterocycles. The van der Waals surface area contributed by atoms with E-state index in [-0.39, 0.29) is 0 Å². The molecule has 3 aromatic rings. The maximum Gasteiger partial charge on any atom is 0.222 e. The van der Waals surface area contributed by atoms with Crippen LogP contribution in [-0.4, -0.2) is 16.5 Å². The number of hydrogen-bond acceptors (Lipinski definition) is 5. The second kappa shape index (κ2) is 7.32. The lowest BCUT2D eigenvalue weighted by atomic mass is 10.1. The predicted molar refractivity (Wildman–Crippen MR) is 95.7 cm³/mol. The molecule has 25 heavy (non-hydrogen) atoms. The summed E-state index contributed by atoms with van der Waals surface area (Å²) in [6.45, 7) is 1.95. The van der Waals surface area contributed by atoms with E-state index < -0.39 is 0 Å². The number of benzene rings is 2. The van der Waals surface area contributed by atoms with Crippen molar-refractivity contribution in [1.82, 2.24) is 9.97 Å². The van der Waals surface area contributed by atoms with Gasteiger partial charge >= 0.3 is 0 Å². The third-order valence-electron chi connectivity index (χ3n) is 4.07. The topological polar surface area (TPSA) is 56.3 Å². The Morgan fingerprint density at radius 3 is 2.80 bits per heavy atom. The highest BCUT2D eigenvalue weighted by atomic mass is 16.5. The first kappa shape index (κ1) is 15.6. The molecule has 1 aliphatic rings. The molecule has 5 nitrogen and oxygen atoms in total. The van der Waals surface area contributed by atoms with Crippen LogP contribution in [0.3, 0.4) is 0 Å². The van der Waals surface area contributed by atoms with Gasteiger partial charge in [0.05, 0.1) is 18.9 Å². The highest BCUT2D eigenvalue weighted by Crippen LogP contribution is 2.28. The predicted octanol–water partition coefficient (Wildman–Crippen LogP) is 3.95. The number of nitrogens with one attached hydrogen (secondary N) is 1. The summed E-state index contributed by atoms with van der Waals surface area (Å²) in [5, 5.41) is 3.34. The summed E-state index contributed by atoms with van der Waals surface area (Å²) in [5.41, 5.74) is 4.39. The Morgan fingerprint density at radius 1 is 0.960 bits per heavy atom. The van der Waals surface area contributed by atoms with E-state index in [2.05, 4.69) is 21.4 Å². The van der Waals surface area contributed by atoms with Gasteiger partial charge in [0, 0.05) is 18.3 Å². The van der Waals surface area contributed by atoms with Crippen LogP contribution in [0.25, 0.3) is 0 Å². The van der Waals surface area contributed by atoms with Crippen molar-refractivity contribution in [3.8, 4) is 11.6 Å². The van der Waals surface area contributed by atoms with Crippen LogP contribution < -0.4 is 10.1 Å². The number of fused-ring (bicyclic) bond motifs is 1. The van der Waals surface area contributed by atoms with Crippen LogP contribution in [0.15, 0.2) is 60.9 Å². The van der Waals surface area contributed by atoms with Gasteiger partial charge in [-0.05, 0) is 35.7 Å². The molecule has 0 aliphatic carbocycles. The van der Waals surface area contributed by atoms with E-state index in [4.69, 9.17) is 9.47 Å². The second-order valence-electron chi connectivity index (χ2n) is 5.92. The molecular weight excluding hydrogens is 314 g/mol. The molecule has 0 atom stereocenters. The second-order valence-corrected chi connectivity index (χ2v) is 5.92. The van der Waals surface area contributed by atoms with Crippen molar-refractivity contribution in [3.05, 3.63) is 77.7 Å². The van der Waals surface area contributed by atoms with Crippen molar-refractivity contribution in [2.45, 2.75) is 19.6 Å². The summed E-state index contributed by atoms with van der Waals surface area (Å²) in [4.78, 5) is 8.43. The largest absolute Gasteiger partial charge is 0.439 e. The van der Waals surface area contributed by atoms with E-state index in [0.717, 1.165) is 30.0 Å². The van der Waals surface area contributed by atoms with Crippen molar-refractivity contribution in [3.63, 3.8) is 0 Å². The van der Waals surface area contributed by atoms with Gasteiger partial charge in [-0.25, -0.2) is 9.97 Å². The molecule has 0 bridgehead atoms. The number of ether oxygens (including phenoxy) is 2. The first-order chi connectivity index (χ1) is 12.4. The molecule has 126 valence electrons. The van der Waals surface area contributed by atoms with Crippen LogP contribution in [-0.2, 0) is 24.4 Å². The van der Waals surface area contributed by atoms with E-state index in [1.165, 1.54) is 17.6 Å². The molecule has 0 fully saturated rings. The Morgan fingerprint density at radius 2 is 1.88 bits per heavy atom. The van der Waals surface area contributed by atoms with Gasteiger partial charge in [-0.2, -0.15) is 0 Å². The van der Waals surface area contributed by atoms with Gasteiger partial charge in [0.15, 0.2) is 0 Å². The Labute approximate surface area is 146 Å². The summed E-state index contributed by atoms with van der Waals surface area (Å²) in [6, 6.07) is 17.9. The molecule has 0 amide bonds. The highest BCUT2D eigenvalue weighted by Gasteiger charge is 2.11. The lowest BCUT2D eigenvalue weighted by Gasteiger charge is -2.08. The average Bonchev–Trinajstić information content (AvgIpc) is 3.11. The zero-order valence-electron chi connectivity index (χ0n) is 13.8. The van der Waals surface area contributed by atoms with E-state index in [1.54, 1.807) is 0 Å². The fourth-order valence-electron chi connectivity index (χ4n) is 2.82. The zero-order valence-corrected chi connectivity index (χ0v) is 13.8. The number of hydrogen-bond donors (Lipinski definition) is 1. The van der Waals surface area contributed by atoms with E-state index in [9.17, 15) is 0 Å². The van der Waals surface area contributed by atoms with Gasteiger partial charge < -0.3 is 14.8 Å². The first-order valence-electron chi connectivity index (χ1n) is 8.34. The van der Waals surface area contributed by atoms with Crippen molar-refractivity contribution in [2.24, 2.45) is 0 Å². The molecule has 4 rings (SSSR count). The number of anilines is 1. The fourth-order valence-corrected chi connectivity index (χ4v) is 2.82. The van der Waals surface area contributed by atoms with Crippen LogP contribution in [0.2, 0.25) is 0 Å². The molecule has 1 aliphatic heterocycles. The Bertz CT molecular complexity index is 853. The molecule has 0 unspecified atom stereocenters. The summed E-state index contributed by atoms with van der Waals surface area (Å²) in [7, 11) is 0. The molecule has 2 heterocycles. The number of nitrogens with zero attached hydrogens (tertiary/aromatic N) is 2. The Balaban J connectivity index is 1.38. The van der Waals surface area contributed by atoms with Crippen molar-refractivity contribution in [2.75, 3.05) is 11.9 Å². The molecule has 5 heteroatoms. The summed E-state index contributed by atoms with van der Waals surface area (Å²) >= 11 is 0. The lowest BCUT2D eigenvalue weighted by molar-refractivity contribution is 0.104. The van der Waals surface area contributed by atoms with Crippen LogP contribution in [0, 0.1) is 0 Å². The monoisotopic (exact) mass is 333 g/mol. The van der Waals surface area contributed by atoms with Crippen LogP contribution in [0.4, 0.5) is 5.69 Å². The maximum atomic E-state index is 5.87. The quantitative estimate of drug-likeness (QED) is 0.740. The highest BCUT2D eigenvalue weighted by molar-refractivity contribution is 5.58. The lowest BCUT2D eigenvalue weighted by Crippen LogP contribution is -1.98. The average molecular weight is 333 g/mol. The van der Waals surface area contributed by atoms with Gasteiger partial charge in [-0.3, -0.25) is 0 Å². The third-order valence-corrected chi connectivity index (χ3v) is 4.07. The van der Waals surface area contributed by atoms with Gasteiger partial charge in [0.2, 0.25) is 5.88 Å². The zero-order chi connectivity index (χ0) is 16.9. The molecule has 0 saturated heterocycles. The smallest absolute Gasteiger partial charge is 0.222 e. The standard InChI is InChI=1S/C20H19N3O2/c1-2-4-15(5-3-1)12-24-13-17-11-20(23-14-22-17)25-18-6-7-19-16(10-18)8-9-21-19/h1-7,10-11,14,21H,8-9,12-13H2. The van der Waals surface area contributed by atoms with E-state index >= 15 is 0 Å². The summed E-state index contributed by atoms with van der Waals surface area (Å²) in [6.07, 6.45) is 2.53. The summed E-state index contributed by atoms with van der Waals surface area (Å²) in [5.74, 6) is 1.32. The van der Waals surface area contributed by atoms with Gasteiger partial charge in [0.25, 0.3) is 0 Å². The SMILES string of the molecule is c1ccc(COCc2cc(Oc3ccc4c(c3)CCN4)ncn2)cc1. The van der Waals surface area contributed by atoms with Crippen molar-refractivity contribution < 1.29 is 9.47 Å².